The number of hydrogen-bond donors (Lipinski definition) is 1. The minimum absolute atomic E-state index is 0.0962. The molecule has 2 heteroatoms. The molecule has 1 aromatic heterocycles. The Bertz CT molecular complexity index is 709. The van der Waals surface area contributed by atoms with E-state index in [0.29, 0.717) is 0 Å². The molecule has 0 aliphatic heterocycles. The molecule has 20 heavy (non-hydrogen) atoms. The molecule has 0 aliphatic carbocycles. The Balaban J connectivity index is 1.89. The van der Waals surface area contributed by atoms with Gasteiger partial charge in [-0.15, -0.1) is 0 Å². The minimum atomic E-state index is -0.0962. The number of fused-ring (bicyclic) bond motifs is 1. The highest BCUT2D eigenvalue weighted by Gasteiger charge is 2.13. The summed E-state index contributed by atoms with van der Waals surface area (Å²) < 4.78 is 5.75. The first-order valence-corrected chi connectivity index (χ1v) is 7.08. The van der Waals surface area contributed by atoms with Crippen LogP contribution in [-0.4, -0.2) is 0 Å². The van der Waals surface area contributed by atoms with Crippen LogP contribution in [0.5, 0.6) is 0 Å². The maximum Gasteiger partial charge on any atom is 0.121 e. The molecule has 0 amide bonds. The summed E-state index contributed by atoms with van der Waals surface area (Å²) in [4.78, 5) is 0. The zero-order valence-electron chi connectivity index (χ0n) is 11.7. The van der Waals surface area contributed by atoms with Gasteiger partial charge >= 0.3 is 0 Å². The van der Waals surface area contributed by atoms with E-state index in [2.05, 4.69) is 49.4 Å². The maximum absolute atomic E-state index is 6.29. The molecule has 0 bridgehead atoms. The van der Waals surface area contributed by atoms with Crippen molar-refractivity contribution < 1.29 is 4.42 Å². The number of benzene rings is 2. The van der Waals surface area contributed by atoms with Crippen LogP contribution in [0.3, 0.4) is 0 Å². The Labute approximate surface area is 119 Å². The summed E-state index contributed by atoms with van der Waals surface area (Å²) in [5, 5.41) is 2.53. The number of hydrogen-bond acceptors (Lipinski definition) is 2. The third kappa shape index (κ3) is 2.47. The van der Waals surface area contributed by atoms with Crippen LogP contribution in [0.25, 0.3) is 10.8 Å². The average molecular weight is 265 g/mol. The molecule has 2 nitrogen and oxygen atoms in total. The van der Waals surface area contributed by atoms with Crippen LogP contribution in [0.15, 0.2) is 59.0 Å². The molecule has 0 saturated heterocycles. The summed E-state index contributed by atoms with van der Waals surface area (Å²) in [6.45, 7) is 2.08. The van der Waals surface area contributed by atoms with Crippen molar-refractivity contribution in [1.29, 1.82) is 0 Å². The van der Waals surface area contributed by atoms with E-state index in [1.807, 2.05) is 12.1 Å². The molecule has 102 valence electrons. The molecule has 0 fully saturated rings. The molecule has 1 heterocycles. The van der Waals surface area contributed by atoms with Crippen LogP contribution in [0.1, 0.15) is 30.0 Å². The third-order valence-corrected chi connectivity index (χ3v) is 3.72. The number of furan rings is 1. The van der Waals surface area contributed by atoms with E-state index >= 15 is 0 Å². The Morgan fingerprint density at radius 3 is 2.60 bits per heavy atom. The average Bonchev–Trinajstić information content (AvgIpc) is 2.97. The van der Waals surface area contributed by atoms with Crippen molar-refractivity contribution in [3.8, 4) is 0 Å². The van der Waals surface area contributed by atoms with E-state index in [0.717, 1.165) is 24.4 Å². The van der Waals surface area contributed by atoms with Crippen LogP contribution in [0.2, 0.25) is 0 Å². The molecule has 0 spiro atoms. The lowest BCUT2D eigenvalue weighted by Crippen LogP contribution is -2.12. The van der Waals surface area contributed by atoms with Gasteiger partial charge in [0, 0.05) is 6.42 Å². The highest BCUT2D eigenvalue weighted by atomic mass is 16.3. The molecule has 2 N–H and O–H groups in total. The summed E-state index contributed by atoms with van der Waals surface area (Å²) in [6, 6.07) is 18.7. The van der Waals surface area contributed by atoms with Gasteiger partial charge in [-0.25, -0.2) is 0 Å². The smallest absolute Gasteiger partial charge is 0.121 e. The molecule has 0 aliphatic rings. The molecule has 3 aromatic rings. The number of nitrogens with two attached hydrogens (primary N) is 1. The normalized spacial score (nSPS) is 12.7. The number of rotatable bonds is 4. The van der Waals surface area contributed by atoms with Gasteiger partial charge in [-0.05, 0) is 34.9 Å². The quantitative estimate of drug-likeness (QED) is 0.766. The Hall–Kier alpha value is -2.06. The zero-order valence-corrected chi connectivity index (χ0v) is 11.7. The monoisotopic (exact) mass is 265 g/mol. The Morgan fingerprint density at radius 1 is 1.00 bits per heavy atom. The molecule has 1 unspecified atom stereocenters. The fourth-order valence-corrected chi connectivity index (χ4v) is 2.59. The van der Waals surface area contributed by atoms with Crippen molar-refractivity contribution >= 4 is 10.8 Å². The fourth-order valence-electron chi connectivity index (χ4n) is 2.59. The van der Waals surface area contributed by atoms with Crippen molar-refractivity contribution in [2.75, 3.05) is 0 Å². The lowest BCUT2D eigenvalue weighted by Gasteiger charge is -2.11. The largest absolute Gasteiger partial charge is 0.464 e. The van der Waals surface area contributed by atoms with Gasteiger partial charge in [-0.1, -0.05) is 49.4 Å². The van der Waals surface area contributed by atoms with Gasteiger partial charge in [0.15, 0.2) is 0 Å². The van der Waals surface area contributed by atoms with E-state index in [9.17, 15) is 0 Å². The van der Waals surface area contributed by atoms with Gasteiger partial charge in [-0.3, -0.25) is 0 Å². The first kappa shape index (κ1) is 12.9. The topological polar surface area (TPSA) is 39.2 Å². The van der Waals surface area contributed by atoms with Crippen molar-refractivity contribution in [1.82, 2.24) is 0 Å². The predicted molar refractivity (Wildman–Crippen MR) is 82.7 cm³/mol. The van der Waals surface area contributed by atoms with Gasteiger partial charge in [0.05, 0.1) is 6.04 Å². The molecular formula is C18H19NO. The van der Waals surface area contributed by atoms with Gasteiger partial charge in [0.25, 0.3) is 0 Å². The van der Waals surface area contributed by atoms with Gasteiger partial charge in [-0.2, -0.15) is 0 Å². The van der Waals surface area contributed by atoms with E-state index in [1.54, 1.807) is 0 Å². The van der Waals surface area contributed by atoms with Crippen LogP contribution >= 0.6 is 0 Å². The summed E-state index contributed by atoms with van der Waals surface area (Å²) >= 11 is 0. The fraction of sp³-hybridized carbons (Fsp3) is 0.222. The zero-order chi connectivity index (χ0) is 13.9. The molecular weight excluding hydrogens is 246 g/mol. The van der Waals surface area contributed by atoms with Gasteiger partial charge < -0.3 is 10.2 Å². The summed E-state index contributed by atoms with van der Waals surface area (Å²) in [7, 11) is 0. The van der Waals surface area contributed by atoms with Crippen molar-refractivity contribution in [3.63, 3.8) is 0 Å². The minimum Gasteiger partial charge on any atom is -0.464 e. The second-order valence-corrected chi connectivity index (χ2v) is 5.11. The van der Waals surface area contributed by atoms with E-state index in [4.69, 9.17) is 10.2 Å². The second-order valence-electron chi connectivity index (χ2n) is 5.11. The van der Waals surface area contributed by atoms with Crippen molar-refractivity contribution in [2.24, 2.45) is 5.73 Å². The molecule has 3 rings (SSSR count). The standard InChI is InChI=1S/C18H19NO/c1-2-15-10-11-18(20-15)17(19)12-14-8-5-7-13-6-3-4-9-16(13)14/h3-11,17H,2,12,19H2,1H3. The summed E-state index contributed by atoms with van der Waals surface area (Å²) in [5.74, 6) is 1.86. The van der Waals surface area contributed by atoms with Crippen LogP contribution < -0.4 is 5.73 Å². The summed E-state index contributed by atoms with van der Waals surface area (Å²) in [6.07, 6.45) is 1.69. The lowest BCUT2D eigenvalue weighted by molar-refractivity contribution is 0.435. The molecule has 0 radical (unpaired) electrons. The highest BCUT2D eigenvalue weighted by molar-refractivity contribution is 5.85. The van der Waals surface area contributed by atoms with E-state index < -0.39 is 0 Å². The van der Waals surface area contributed by atoms with Crippen molar-refractivity contribution in [2.45, 2.75) is 25.8 Å². The molecule has 2 aromatic carbocycles. The highest BCUT2D eigenvalue weighted by Crippen LogP contribution is 2.24. The van der Waals surface area contributed by atoms with Crippen LogP contribution in [0.4, 0.5) is 0 Å². The molecule has 0 saturated carbocycles. The third-order valence-electron chi connectivity index (χ3n) is 3.72. The predicted octanol–water partition coefficient (Wildman–Crippen LogP) is 4.24. The van der Waals surface area contributed by atoms with Crippen molar-refractivity contribution in [3.05, 3.63) is 71.7 Å². The van der Waals surface area contributed by atoms with Gasteiger partial charge in [0.1, 0.15) is 11.5 Å². The molecule has 1 atom stereocenters. The van der Waals surface area contributed by atoms with Crippen LogP contribution in [-0.2, 0) is 12.8 Å². The Kier molecular flexibility index (Phi) is 3.57. The second kappa shape index (κ2) is 5.51. The van der Waals surface area contributed by atoms with E-state index in [1.165, 1.54) is 16.3 Å². The first-order chi connectivity index (χ1) is 9.78. The summed E-state index contributed by atoms with van der Waals surface area (Å²) in [5.41, 5.74) is 7.56. The SMILES string of the molecule is CCc1ccc(C(N)Cc2cccc3ccccc23)o1. The maximum atomic E-state index is 6.29. The van der Waals surface area contributed by atoms with Crippen LogP contribution in [0, 0.1) is 0 Å². The first-order valence-electron chi connectivity index (χ1n) is 7.08. The lowest BCUT2D eigenvalue weighted by atomic mass is 9.98. The van der Waals surface area contributed by atoms with Gasteiger partial charge in [0.2, 0.25) is 0 Å². The Morgan fingerprint density at radius 2 is 1.80 bits per heavy atom. The van der Waals surface area contributed by atoms with E-state index in [-0.39, 0.29) is 6.04 Å². The number of aryl methyl sites for hydroxylation is 1.